The number of nitrogens with zero attached hydrogens (tertiary/aromatic N) is 2. The van der Waals surface area contributed by atoms with Crippen molar-refractivity contribution < 1.29 is 17.9 Å². The van der Waals surface area contributed by atoms with Crippen LogP contribution in [0.15, 0.2) is 0 Å². The molecule has 0 aliphatic carbocycles. The second-order valence-corrected chi connectivity index (χ2v) is 6.31. The predicted octanol–water partition coefficient (Wildman–Crippen LogP) is -1.12. The summed E-state index contributed by atoms with van der Waals surface area (Å²) in [6.07, 6.45) is 1.81. The number of piperidine rings is 1. The first-order valence-corrected chi connectivity index (χ1v) is 7.07. The van der Waals surface area contributed by atoms with Crippen molar-refractivity contribution in [3.8, 4) is 0 Å². The molecule has 2 atom stereocenters. The molecule has 6 nitrogen and oxygen atoms in total. The number of fused-ring (bicyclic) bond motifs is 1. The molecule has 2 aliphatic heterocycles. The molecule has 16 heavy (non-hydrogen) atoms. The Morgan fingerprint density at radius 2 is 2.12 bits per heavy atom. The molecular formula is C9H16N2O4S. The predicted molar refractivity (Wildman–Crippen MR) is 57.3 cm³/mol. The van der Waals surface area contributed by atoms with Crippen LogP contribution in [0, 0.1) is 0 Å². The van der Waals surface area contributed by atoms with Gasteiger partial charge in [-0.15, -0.1) is 0 Å². The second-order valence-electron chi connectivity index (χ2n) is 4.33. The molecular weight excluding hydrogens is 232 g/mol. The van der Waals surface area contributed by atoms with E-state index in [0.29, 0.717) is 19.5 Å². The standard InChI is InChI=1S/C9H16N2O4S/c1-10-7-5-11(16(2,13)14)4-3-8(7)15-6-9(10)12/h7-8H,3-6H2,1-2H3/t7-,8+/m0/s1. The highest BCUT2D eigenvalue weighted by molar-refractivity contribution is 7.88. The molecule has 0 aromatic carbocycles. The third-order valence-electron chi connectivity index (χ3n) is 3.26. The number of ether oxygens (including phenoxy) is 1. The van der Waals surface area contributed by atoms with Gasteiger partial charge in [-0.25, -0.2) is 8.42 Å². The Balaban J connectivity index is 2.14. The van der Waals surface area contributed by atoms with Gasteiger partial charge in [0.05, 0.1) is 18.4 Å². The molecule has 2 saturated heterocycles. The normalized spacial score (nSPS) is 32.6. The van der Waals surface area contributed by atoms with Crippen LogP contribution in [0.5, 0.6) is 0 Å². The zero-order valence-electron chi connectivity index (χ0n) is 9.42. The molecule has 0 aromatic rings. The SMILES string of the molecule is CN1C(=O)CO[C@@H]2CCN(S(C)(=O)=O)C[C@@H]21. The number of sulfonamides is 1. The van der Waals surface area contributed by atoms with Crippen LogP contribution in [0.25, 0.3) is 0 Å². The molecule has 2 fully saturated rings. The van der Waals surface area contributed by atoms with Gasteiger partial charge in [-0.1, -0.05) is 0 Å². The Morgan fingerprint density at radius 3 is 2.75 bits per heavy atom. The topological polar surface area (TPSA) is 66.9 Å². The summed E-state index contributed by atoms with van der Waals surface area (Å²) >= 11 is 0. The number of morpholine rings is 1. The van der Waals surface area contributed by atoms with Gasteiger partial charge in [0.25, 0.3) is 0 Å². The fourth-order valence-corrected chi connectivity index (χ4v) is 3.07. The largest absolute Gasteiger partial charge is 0.366 e. The van der Waals surface area contributed by atoms with Gasteiger partial charge in [0.15, 0.2) is 0 Å². The third-order valence-corrected chi connectivity index (χ3v) is 4.53. The molecule has 2 aliphatic rings. The molecule has 0 bridgehead atoms. The van der Waals surface area contributed by atoms with E-state index in [1.165, 1.54) is 10.6 Å². The average molecular weight is 248 g/mol. The zero-order valence-corrected chi connectivity index (χ0v) is 10.2. The van der Waals surface area contributed by atoms with Crippen molar-refractivity contribution in [1.82, 2.24) is 9.21 Å². The van der Waals surface area contributed by atoms with Crippen LogP contribution in [-0.2, 0) is 19.6 Å². The lowest BCUT2D eigenvalue weighted by atomic mass is 10.0. The van der Waals surface area contributed by atoms with E-state index in [0.717, 1.165) is 0 Å². The van der Waals surface area contributed by atoms with Gasteiger partial charge in [0.2, 0.25) is 15.9 Å². The first kappa shape index (κ1) is 11.8. The highest BCUT2D eigenvalue weighted by Crippen LogP contribution is 2.23. The Morgan fingerprint density at radius 1 is 1.44 bits per heavy atom. The smallest absolute Gasteiger partial charge is 0.248 e. The van der Waals surface area contributed by atoms with Gasteiger partial charge >= 0.3 is 0 Å². The van der Waals surface area contributed by atoms with Gasteiger partial charge in [-0.3, -0.25) is 4.79 Å². The van der Waals surface area contributed by atoms with Gasteiger partial charge in [0.1, 0.15) is 6.61 Å². The first-order valence-electron chi connectivity index (χ1n) is 5.22. The average Bonchev–Trinajstić information content (AvgIpc) is 2.22. The van der Waals surface area contributed by atoms with Crippen molar-refractivity contribution in [2.45, 2.75) is 18.6 Å². The van der Waals surface area contributed by atoms with Crippen molar-refractivity contribution >= 4 is 15.9 Å². The van der Waals surface area contributed by atoms with E-state index in [1.54, 1.807) is 11.9 Å². The minimum absolute atomic E-state index is 0.0271. The summed E-state index contributed by atoms with van der Waals surface area (Å²) in [5.41, 5.74) is 0. The van der Waals surface area contributed by atoms with Crippen LogP contribution < -0.4 is 0 Å². The molecule has 0 unspecified atom stereocenters. The number of carbonyl (C=O) groups excluding carboxylic acids is 1. The number of rotatable bonds is 1. The molecule has 0 aromatic heterocycles. The van der Waals surface area contributed by atoms with Crippen LogP contribution in [0.3, 0.4) is 0 Å². The third kappa shape index (κ3) is 2.07. The van der Waals surface area contributed by atoms with Crippen molar-refractivity contribution in [2.75, 3.05) is 33.0 Å². The van der Waals surface area contributed by atoms with Gasteiger partial charge in [0, 0.05) is 20.1 Å². The lowest BCUT2D eigenvalue weighted by molar-refractivity contribution is -0.158. The molecule has 0 radical (unpaired) electrons. The quantitative estimate of drug-likeness (QED) is 0.589. The fraction of sp³-hybridized carbons (Fsp3) is 0.889. The minimum atomic E-state index is -3.18. The second kappa shape index (κ2) is 3.97. The molecule has 2 heterocycles. The van der Waals surface area contributed by atoms with Crippen LogP contribution in [0.4, 0.5) is 0 Å². The van der Waals surface area contributed by atoms with Crippen LogP contribution in [0.1, 0.15) is 6.42 Å². The monoisotopic (exact) mass is 248 g/mol. The molecule has 92 valence electrons. The highest BCUT2D eigenvalue weighted by Gasteiger charge is 2.40. The van der Waals surface area contributed by atoms with E-state index in [2.05, 4.69) is 0 Å². The maximum atomic E-state index is 11.4. The molecule has 0 N–H and O–H groups in total. The minimum Gasteiger partial charge on any atom is -0.366 e. The van der Waals surface area contributed by atoms with Gasteiger partial charge in [-0.2, -0.15) is 4.31 Å². The summed E-state index contributed by atoms with van der Waals surface area (Å²) in [6.45, 7) is 0.921. The van der Waals surface area contributed by atoms with Gasteiger partial charge < -0.3 is 9.64 Å². The van der Waals surface area contributed by atoms with Crippen LogP contribution >= 0.6 is 0 Å². The summed E-state index contributed by atoms with van der Waals surface area (Å²) in [5.74, 6) is -0.0865. The number of hydrogen-bond acceptors (Lipinski definition) is 4. The van der Waals surface area contributed by atoms with Crippen LogP contribution in [-0.4, -0.2) is 68.7 Å². The molecule has 1 amide bonds. The van der Waals surface area contributed by atoms with E-state index in [9.17, 15) is 13.2 Å². The Hall–Kier alpha value is -0.660. The highest BCUT2D eigenvalue weighted by atomic mass is 32.2. The van der Waals surface area contributed by atoms with Crippen molar-refractivity contribution in [3.63, 3.8) is 0 Å². The molecule has 0 saturated carbocycles. The van der Waals surface area contributed by atoms with Crippen molar-refractivity contribution in [2.24, 2.45) is 0 Å². The summed E-state index contributed by atoms with van der Waals surface area (Å²) in [5, 5.41) is 0. The Kier molecular flexibility index (Phi) is 2.93. The zero-order chi connectivity index (χ0) is 11.9. The first-order chi connectivity index (χ1) is 7.39. The summed E-state index contributed by atoms with van der Waals surface area (Å²) in [6, 6.07) is -0.148. The van der Waals surface area contributed by atoms with E-state index < -0.39 is 10.0 Å². The molecule has 0 spiro atoms. The maximum absolute atomic E-state index is 11.4. The van der Waals surface area contributed by atoms with Crippen LogP contribution in [0.2, 0.25) is 0 Å². The Bertz CT molecular complexity index is 394. The molecule has 2 rings (SSSR count). The van der Waals surface area contributed by atoms with E-state index in [4.69, 9.17) is 4.74 Å². The number of carbonyl (C=O) groups is 1. The lowest BCUT2D eigenvalue weighted by Crippen LogP contribution is -2.61. The van der Waals surface area contributed by atoms with E-state index in [-0.39, 0.29) is 24.7 Å². The number of amides is 1. The van der Waals surface area contributed by atoms with E-state index in [1.807, 2.05) is 0 Å². The van der Waals surface area contributed by atoms with E-state index >= 15 is 0 Å². The maximum Gasteiger partial charge on any atom is 0.248 e. The molecule has 7 heteroatoms. The lowest BCUT2D eigenvalue weighted by Gasteiger charge is -2.44. The van der Waals surface area contributed by atoms with Crippen molar-refractivity contribution in [3.05, 3.63) is 0 Å². The number of hydrogen-bond donors (Lipinski definition) is 0. The van der Waals surface area contributed by atoms with Gasteiger partial charge in [-0.05, 0) is 6.42 Å². The Labute approximate surface area is 95.2 Å². The fourth-order valence-electron chi connectivity index (χ4n) is 2.21. The summed E-state index contributed by atoms with van der Waals surface area (Å²) in [7, 11) is -1.47. The van der Waals surface area contributed by atoms with Crippen molar-refractivity contribution in [1.29, 1.82) is 0 Å². The summed E-state index contributed by atoms with van der Waals surface area (Å²) < 4.78 is 29.7. The number of likely N-dealkylation sites (N-methyl/N-ethyl adjacent to an activating group) is 1. The summed E-state index contributed by atoms with van der Waals surface area (Å²) in [4.78, 5) is 13.0.